The molecule has 1 aliphatic rings. The van der Waals surface area contributed by atoms with Gasteiger partial charge in [0.05, 0.1) is 12.6 Å². The molecule has 2 aromatic carbocycles. The molecule has 3 rings (SSSR count). The molecule has 0 aromatic heterocycles. The molecular formula is C19H15BrClN3O4S. The van der Waals surface area contributed by atoms with Crippen LogP contribution in [0.4, 0.5) is 0 Å². The molecule has 0 spiro atoms. The summed E-state index contributed by atoms with van der Waals surface area (Å²) in [4.78, 5) is 22.5. The number of thioether (sulfide) groups is 1. The first kappa shape index (κ1) is 21.4. The maximum atomic E-state index is 11.7. The zero-order valence-electron chi connectivity index (χ0n) is 14.8. The number of hydrogen-bond acceptors (Lipinski definition) is 6. The van der Waals surface area contributed by atoms with Crippen LogP contribution in [-0.2, 0) is 16.2 Å². The van der Waals surface area contributed by atoms with Crippen LogP contribution in [0.15, 0.2) is 57.1 Å². The van der Waals surface area contributed by atoms with Crippen LogP contribution in [0, 0.1) is 0 Å². The zero-order chi connectivity index (χ0) is 20.8. The number of amides is 1. The maximum Gasteiger partial charge on any atom is 0.305 e. The molecule has 7 nitrogen and oxygen atoms in total. The Morgan fingerprint density at radius 3 is 2.79 bits per heavy atom. The van der Waals surface area contributed by atoms with Gasteiger partial charge in [0.2, 0.25) is 5.91 Å². The van der Waals surface area contributed by atoms with Crippen LogP contribution in [-0.4, -0.2) is 33.6 Å². The molecule has 10 heteroatoms. The number of rotatable bonds is 7. The zero-order valence-corrected chi connectivity index (χ0v) is 18.0. The van der Waals surface area contributed by atoms with E-state index in [-0.39, 0.29) is 17.5 Å². The number of carbonyl (C=O) groups excluding carboxylic acids is 1. The first-order valence-electron chi connectivity index (χ1n) is 8.38. The summed E-state index contributed by atoms with van der Waals surface area (Å²) in [7, 11) is 0. The van der Waals surface area contributed by atoms with Crippen molar-refractivity contribution in [2.75, 3.05) is 0 Å². The van der Waals surface area contributed by atoms with Gasteiger partial charge in [-0.25, -0.2) is 0 Å². The van der Waals surface area contributed by atoms with E-state index in [0.29, 0.717) is 22.9 Å². The molecule has 2 aromatic rings. The Labute approximate surface area is 184 Å². The number of aliphatic carboxylic acids is 1. The van der Waals surface area contributed by atoms with Gasteiger partial charge in [0.15, 0.2) is 5.17 Å². The number of ether oxygens (including phenoxy) is 1. The Morgan fingerprint density at radius 2 is 2.07 bits per heavy atom. The summed E-state index contributed by atoms with van der Waals surface area (Å²) in [5.41, 5.74) is 1.66. The van der Waals surface area contributed by atoms with Crippen LogP contribution in [0.2, 0.25) is 5.02 Å². The smallest absolute Gasteiger partial charge is 0.305 e. The van der Waals surface area contributed by atoms with Gasteiger partial charge < -0.3 is 15.2 Å². The quantitative estimate of drug-likeness (QED) is 0.444. The monoisotopic (exact) mass is 495 g/mol. The molecule has 0 radical (unpaired) electrons. The molecule has 1 heterocycles. The second-order valence-corrected chi connectivity index (χ2v) is 8.48. The average Bonchev–Trinajstić information content (AvgIpc) is 3.01. The van der Waals surface area contributed by atoms with Gasteiger partial charge >= 0.3 is 5.97 Å². The van der Waals surface area contributed by atoms with Gasteiger partial charge in [-0.3, -0.25) is 9.59 Å². The van der Waals surface area contributed by atoms with Crippen LogP contribution >= 0.6 is 39.3 Å². The van der Waals surface area contributed by atoms with Gasteiger partial charge in [-0.2, -0.15) is 5.10 Å². The summed E-state index contributed by atoms with van der Waals surface area (Å²) in [6.07, 6.45) is 1.24. The summed E-state index contributed by atoms with van der Waals surface area (Å²) >= 11 is 10.3. The number of halogens is 2. The van der Waals surface area contributed by atoms with Crippen LogP contribution in [0.3, 0.4) is 0 Å². The molecule has 1 unspecified atom stereocenters. The number of nitrogens with one attached hydrogen (secondary N) is 1. The standard InChI is InChI=1S/C19H15BrClN3O4S/c20-13-3-6-15(28-10-11-1-4-14(21)5-2-11)12(7-13)9-22-24-19-23-18(27)16(29-19)8-17(25)26/h1-7,9,16H,8,10H2,(H,25,26)(H,23,24,27)/b22-9+. The van der Waals surface area contributed by atoms with Gasteiger partial charge in [0.1, 0.15) is 17.6 Å². The minimum atomic E-state index is -1.04. The van der Waals surface area contributed by atoms with Crippen molar-refractivity contribution in [3.63, 3.8) is 0 Å². The van der Waals surface area contributed by atoms with Gasteiger partial charge in [-0.1, -0.05) is 51.4 Å². The van der Waals surface area contributed by atoms with E-state index in [1.54, 1.807) is 12.1 Å². The number of carbonyl (C=O) groups is 2. The predicted molar refractivity (Wildman–Crippen MR) is 117 cm³/mol. The third-order valence-corrected chi connectivity index (χ3v) is 5.58. The van der Waals surface area contributed by atoms with Crippen LogP contribution < -0.4 is 10.1 Å². The molecule has 0 bridgehead atoms. The van der Waals surface area contributed by atoms with E-state index in [1.807, 2.05) is 30.3 Å². The van der Waals surface area contributed by atoms with Crippen molar-refractivity contribution in [1.29, 1.82) is 0 Å². The highest BCUT2D eigenvalue weighted by atomic mass is 79.9. The Hall–Kier alpha value is -2.36. The van der Waals surface area contributed by atoms with E-state index in [0.717, 1.165) is 21.8 Å². The lowest BCUT2D eigenvalue weighted by Gasteiger charge is -2.09. The van der Waals surface area contributed by atoms with Gasteiger partial charge in [0, 0.05) is 15.1 Å². The average molecular weight is 497 g/mol. The first-order chi connectivity index (χ1) is 13.9. The number of hydrogen-bond donors (Lipinski definition) is 2. The van der Waals surface area contributed by atoms with Crippen molar-refractivity contribution in [2.45, 2.75) is 18.3 Å². The Kier molecular flexibility index (Phi) is 7.29. The molecule has 0 saturated carbocycles. The lowest BCUT2D eigenvalue weighted by Crippen LogP contribution is -2.26. The minimum Gasteiger partial charge on any atom is -0.488 e. The van der Waals surface area contributed by atoms with Crippen molar-refractivity contribution < 1.29 is 19.4 Å². The molecule has 2 N–H and O–H groups in total. The van der Waals surface area contributed by atoms with Crippen molar-refractivity contribution in [3.8, 4) is 5.75 Å². The second-order valence-electron chi connectivity index (χ2n) is 5.94. The maximum absolute atomic E-state index is 11.7. The van der Waals surface area contributed by atoms with Crippen molar-refractivity contribution in [1.82, 2.24) is 5.32 Å². The van der Waals surface area contributed by atoms with Gasteiger partial charge in [-0.05, 0) is 35.9 Å². The van der Waals surface area contributed by atoms with E-state index in [4.69, 9.17) is 21.4 Å². The van der Waals surface area contributed by atoms with Crippen LogP contribution in [0.1, 0.15) is 17.5 Å². The summed E-state index contributed by atoms with van der Waals surface area (Å²) in [6, 6.07) is 12.8. The van der Waals surface area contributed by atoms with E-state index in [9.17, 15) is 9.59 Å². The van der Waals surface area contributed by atoms with E-state index in [1.165, 1.54) is 6.21 Å². The van der Waals surface area contributed by atoms with Gasteiger partial charge in [0.25, 0.3) is 0 Å². The van der Waals surface area contributed by atoms with Crippen LogP contribution in [0.5, 0.6) is 5.75 Å². The summed E-state index contributed by atoms with van der Waals surface area (Å²) in [6.45, 7) is 0.358. The third kappa shape index (κ3) is 6.31. The summed E-state index contributed by atoms with van der Waals surface area (Å²) in [5.74, 6) is -0.821. The summed E-state index contributed by atoms with van der Waals surface area (Å²) in [5, 5.41) is 19.5. The topological polar surface area (TPSA) is 100 Å². The number of carboxylic acid groups (broad SMARTS) is 1. The molecule has 0 aliphatic carbocycles. The van der Waals surface area contributed by atoms with Crippen molar-refractivity contribution in [3.05, 3.63) is 63.1 Å². The molecule has 150 valence electrons. The highest BCUT2D eigenvalue weighted by molar-refractivity contribution is 9.10. The third-order valence-electron chi connectivity index (χ3n) is 3.76. The van der Waals surface area contributed by atoms with Crippen molar-refractivity contribution in [2.24, 2.45) is 10.2 Å². The molecule has 1 fully saturated rings. The number of amidine groups is 1. The minimum absolute atomic E-state index is 0.260. The molecule has 1 aliphatic heterocycles. The number of nitrogens with zero attached hydrogens (tertiary/aromatic N) is 2. The fourth-order valence-electron chi connectivity index (χ4n) is 2.38. The second kappa shape index (κ2) is 9.91. The normalized spacial score (nSPS) is 17.7. The molecule has 1 saturated heterocycles. The number of carboxylic acids is 1. The largest absolute Gasteiger partial charge is 0.488 e. The van der Waals surface area contributed by atoms with Gasteiger partial charge in [-0.15, -0.1) is 5.10 Å². The highest BCUT2D eigenvalue weighted by Crippen LogP contribution is 2.24. The molecular weight excluding hydrogens is 482 g/mol. The summed E-state index contributed by atoms with van der Waals surface area (Å²) < 4.78 is 6.72. The molecule has 29 heavy (non-hydrogen) atoms. The van der Waals surface area contributed by atoms with Crippen LogP contribution in [0.25, 0.3) is 0 Å². The highest BCUT2D eigenvalue weighted by Gasteiger charge is 2.32. The Balaban J connectivity index is 1.68. The lowest BCUT2D eigenvalue weighted by atomic mass is 10.2. The SMILES string of the molecule is O=C(O)CC1S/C(=N/N=C/c2cc(Br)ccc2OCc2ccc(Cl)cc2)NC1=O. The van der Waals surface area contributed by atoms with E-state index in [2.05, 4.69) is 31.4 Å². The fraction of sp³-hybridized carbons (Fsp3) is 0.158. The molecule has 1 amide bonds. The Morgan fingerprint density at radius 1 is 1.31 bits per heavy atom. The van der Waals surface area contributed by atoms with E-state index < -0.39 is 11.2 Å². The fourth-order valence-corrected chi connectivity index (χ4v) is 3.80. The Bertz CT molecular complexity index is 982. The number of benzene rings is 2. The predicted octanol–water partition coefficient (Wildman–Crippen LogP) is 4.08. The van der Waals surface area contributed by atoms with Crippen molar-refractivity contribution >= 4 is 62.6 Å². The van der Waals surface area contributed by atoms with E-state index >= 15 is 0 Å². The first-order valence-corrected chi connectivity index (χ1v) is 10.4. The lowest BCUT2D eigenvalue weighted by molar-refractivity contribution is -0.138. The molecule has 1 atom stereocenters.